The zero-order valence-corrected chi connectivity index (χ0v) is 8.56. The number of nitrogens with zero attached hydrogens (tertiary/aromatic N) is 1. The van der Waals surface area contributed by atoms with Crippen LogP contribution in [0.25, 0.3) is 0 Å². The zero-order chi connectivity index (χ0) is 11.1. The van der Waals surface area contributed by atoms with Crippen LogP contribution in [0.5, 0.6) is 5.75 Å². The Balaban J connectivity index is 2.59. The highest BCUT2D eigenvalue weighted by Gasteiger charge is 1.94. The molecule has 0 bridgehead atoms. The number of nitrogens with one attached hydrogen (secondary N) is 1. The quantitative estimate of drug-likeness (QED) is 0.603. The molecule has 15 heavy (non-hydrogen) atoms. The molecular weight excluding hydrogens is 196 g/mol. The molecule has 0 saturated heterocycles. The van der Waals surface area contributed by atoms with E-state index in [1.54, 1.807) is 13.2 Å². The van der Waals surface area contributed by atoms with E-state index in [9.17, 15) is 4.79 Å². The fourth-order valence-electron chi connectivity index (χ4n) is 0.927. The SMILES string of the molecule is COC(=O)N/N=C\c1cccc(OC)c1. The maximum absolute atomic E-state index is 10.7. The first-order valence-electron chi connectivity index (χ1n) is 4.27. The van der Waals surface area contributed by atoms with E-state index in [0.717, 1.165) is 11.3 Å². The number of benzene rings is 1. The Morgan fingerprint density at radius 3 is 2.93 bits per heavy atom. The first-order chi connectivity index (χ1) is 7.26. The summed E-state index contributed by atoms with van der Waals surface area (Å²) in [4.78, 5) is 10.7. The zero-order valence-electron chi connectivity index (χ0n) is 8.56. The average molecular weight is 208 g/mol. The predicted molar refractivity (Wildman–Crippen MR) is 56.1 cm³/mol. The van der Waals surface area contributed by atoms with Crippen molar-refractivity contribution in [3.63, 3.8) is 0 Å². The Hall–Kier alpha value is -2.04. The van der Waals surface area contributed by atoms with E-state index >= 15 is 0 Å². The van der Waals surface area contributed by atoms with Gasteiger partial charge in [-0.15, -0.1) is 0 Å². The van der Waals surface area contributed by atoms with Crippen molar-refractivity contribution in [3.8, 4) is 5.75 Å². The van der Waals surface area contributed by atoms with Gasteiger partial charge < -0.3 is 9.47 Å². The Morgan fingerprint density at radius 2 is 2.27 bits per heavy atom. The van der Waals surface area contributed by atoms with E-state index in [1.165, 1.54) is 13.3 Å². The molecular formula is C10H12N2O3. The summed E-state index contributed by atoms with van der Waals surface area (Å²) in [5.41, 5.74) is 3.01. The largest absolute Gasteiger partial charge is 0.497 e. The Kier molecular flexibility index (Phi) is 4.15. The summed E-state index contributed by atoms with van der Waals surface area (Å²) >= 11 is 0. The molecule has 0 aromatic heterocycles. The van der Waals surface area contributed by atoms with Crippen molar-refractivity contribution < 1.29 is 14.3 Å². The molecule has 0 unspecified atom stereocenters. The Labute approximate surface area is 87.7 Å². The third kappa shape index (κ3) is 3.68. The van der Waals surface area contributed by atoms with E-state index in [1.807, 2.05) is 18.2 Å². The van der Waals surface area contributed by atoms with Crippen molar-refractivity contribution in [2.45, 2.75) is 0 Å². The number of ether oxygens (including phenoxy) is 2. The first kappa shape index (κ1) is 11.0. The molecule has 1 aromatic rings. The van der Waals surface area contributed by atoms with Gasteiger partial charge >= 0.3 is 6.09 Å². The van der Waals surface area contributed by atoms with Gasteiger partial charge in [0.2, 0.25) is 0 Å². The summed E-state index contributed by atoms with van der Waals surface area (Å²) in [6, 6.07) is 7.29. The second-order valence-corrected chi connectivity index (χ2v) is 2.64. The number of carbonyl (C=O) groups excluding carboxylic acids is 1. The second-order valence-electron chi connectivity index (χ2n) is 2.64. The highest BCUT2D eigenvalue weighted by molar-refractivity contribution is 5.81. The minimum absolute atomic E-state index is 0.603. The molecule has 0 aliphatic heterocycles. The molecule has 1 rings (SSSR count). The van der Waals surface area contributed by atoms with Gasteiger partial charge in [0.1, 0.15) is 5.75 Å². The van der Waals surface area contributed by atoms with Crippen LogP contribution in [0.3, 0.4) is 0 Å². The van der Waals surface area contributed by atoms with Gasteiger partial charge in [0, 0.05) is 0 Å². The molecule has 0 fully saturated rings. The number of hydrogen-bond acceptors (Lipinski definition) is 4. The molecule has 0 saturated carbocycles. The van der Waals surface area contributed by atoms with Gasteiger partial charge in [0.05, 0.1) is 20.4 Å². The molecule has 1 aromatic carbocycles. The topological polar surface area (TPSA) is 59.9 Å². The van der Waals surface area contributed by atoms with Crippen molar-refractivity contribution >= 4 is 12.3 Å². The van der Waals surface area contributed by atoms with Crippen LogP contribution >= 0.6 is 0 Å². The highest BCUT2D eigenvalue weighted by atomic mass is 16.5. The Morgan fingerprint density at radius 1 is 1.47 bits per heavy atom. The van der Waals surface area contributed by atoms with Crippen molar-refractivity contribution in [1.29, 1.82) is 0 Å². The van der Waals surface area contributed by atoms with Crippen LogP contribution in [0, 0.1) is 0 Å². The van der Waals surface area contributed by atoms with Gasteiger partial charge in [-0.1, -0.05) is 12.1 Å². The lowest BCUT2D eigenvalue weighted by Gasteiger charge is -1.99. The summed E-state index contributed by atoms with van der Waals surface area (Å²) in [6.07, 6.45) is 0.897. The molecule has 0 aliphatic carbocycles. The third-order valence-corrected chi connectivity index (χ3v) is 1.65. The standard InChI is InChI=1S/C10H12N2O3/c1-14-9-5-3-4-8(6-9)7-11-12-10(13)15-2/h3-7H,1-2H3,(H,12,13)/b11-7-. The highest BCUT2D eigenvalue weighted by Crippen LogP contribution is 2.10. The number of carbonyl (C=O) groups is 1. The summed E-state index contributed by atoms with van der Waals surface area (Å²) in [5.74, 6) is 0.733. The molecule has 1 amide bonds. The normalized spacial score (nSPS) is 10.0. The first-order valence-corrected chi connectivity index (χ1v) is 4.27. The van der Waals surface area contributed by atoms with Crippen LogP contribution in [-0.4, -0.2) is 26.5 Å². The van der Waals surface area contributed by atoms with Crippen LogP contribution in [-0.2, 0) is 4.74 Å². The maximum atomic E-state index is 10.7. The van der Waals surface area contributed by atoms with Gasteiger partial charge in [0.15, 0.2) is 0 Å². The van der Waals surface area contributed by atoms with Crippen LogP contribution < -0.4 is 10.2 Å². The molecule has 0 spiro atoms. The Bertz CT molecular complexity index is 363. The minimum Gasteiger partial charge on any atom is -0.497 e. The maximum Gasteiger partial charge on any atom is 0.427 e. The van der Waals surface area contributed by atoms with Crippen LogP contribution in [0.4, 0.5) is 4.79 Å². The van der Waals surface area contributed by atoms with Crippen LogP contribution in [0.2, 0.25) is 0 Å². The van der Waals surface area contributed by atoms with E-state index in [0.29, 0.717) is 0 Å². The molecule has 80 valence electrons. The lowest BCUT2D eigenvalue weighted by molar-refractivity contribution is 0.171. The van der Waals surface area contributed by atoms with Crippen molar-refractivity contribution in [2.24, 2.45) is 5.10 Å². The smallest absolute Gasteiger partial charge is 0.427 e. The lowest BCUT2D eigenvalue weighted by atomic mass is 10.2. The van der Waals surface area contributed by atoms with E-state index in [4.69, 9.17) is 4.74 Å². The van der Waals surface area contributed by atoms with E-state index in [-0.39, 0.29) is 0 Å². The average Bonchev–Trinajstić information content (AvgIpc) is 2.29. The van der Waals surface area contributed by atoms with Crippen LogP contribution in [0.1, 0.15) is 5.56 Å². The van der Waals surface area contributed by atoms with E-state index in [2.05, 4.69) is 15.3 Å². The second kappa shape index (κ2) is 5.64. The summed E-state index contributed by atoms with van der Waals surface area (Å²) in [6.45, 7) is 0. The van der Waals surface area contributed by atoms with Gasteiger partial charge in [-0.05, 0) is 17.7 Å². The number of hydrogen-bond donors (Lipinski definition) is 1. The van der Waals surface area contributed by atoms with Crippen molar-refractivity contribution in [3.05, 3.63) is 29.8 Å². The lowest BCUT2D eigenvalue weighted by Crippen LogP contribution is -2.16. The van der Waals surface area contributed by atoms with Gasteiger partial charge in [-0.25, -0.2) is 10.2 Å². The molecule has 0 atom stereocenters. The van der Waals surface area contributed by atoms with Crippen molar-refractivity contribution in [2.75, 3.05) is 14.2 Å². The minimum atomic E-state index is -0.603. The fraction of sp³-hybridized carbons (Fsp3) is 0.200. The van der Waals surface area contributed by atoms with Crippen LogP contribution in [0.15, 0.2) is 29.4 Å². The van der Waals surface area contributed by atoms with Gasteiger partial charge in [-0.3, -0.25) is 0 Å². The molecule has 1 N–H and O–H groups in total. The predicted octanol–water partition coefficient (Wildman–Crippen LogP) is 1.39. The van der Waals surface area contributed by atoms with E-state index < -0.39 is 6.09 Å². The van der Waals surface area contributed by atoms with Gasteiger partial charge in [0.25, 0.3) is 0 Å². The monoisotopic (exact) mass is 208 g/mol. The fourth-order valence-corrected chi connectivity index (χ4v) is 0.927. The third-order valence-electron chi connectivity index (χ3n) is 1.65. The number of amides is 1. The molecule has 0 aliphatic rings. The molecule has 0 radical (unpaired) electrons. The molecule has 0 heterocycles. The van der Waals surface area contributed by atoms with Gasteiger partial charge in [-0.2, -0.15) is 5.10 Å². The summed E-state index contributed by atoms with van der Waals surface area (Å²) in [7, 11) is 2.86. The molecule has 5 heteroatoms. The summed E-state index contributed by atoms with van der Waals surface area (Å²) < 4.78 is 9.37. The van der Waals surface area contributed by atoms with Crippen molar-refractivity contribution in [1.82, 2.24) is 5.43 Å². The number of methoxy groups -OCH3 is 2. The number of rotatable bonds is 3. The summed E-state index contributed by atoms with van der Waals surface area (Å²) in [5, 5.41) is 3.68. The molecule has 5 nitrogen and oxygen atoms in total. The number of hydrazone groups is 1.